The van der Waals surface area contributed by atoms with Crippen LogP contribution in [0.25, 0.3) is 0 Å². The molecule has 3 amide bonds. The van der Waals surface area contributed by atoms with Crippen LogP contribution in [0.1, 0.15) is 96.0 Å². The number of nitrogens with zero attached hydrogens (tertiary/aromatic N) is 1. The van der Waals surface area contributed by atoms with Gasteiger partial charge in [0.1, 0.15) is 22.8 Å². The molecule has 0 unspecified atom stereocenters. The molecule has 12 heteroatoms. The van der Waals surface area contributed by atoms with Crippen LogP contribution in [-0.2, 0) is 19.0 Å². The molecule has 2 saturated heterocycles. The lowest BCUT2D eigenvalue weighted by Crippen LogP contribution is -2.37. The van der Waals surface area contributed by atoms with Crippen molar-refractivity contribution in [1.82, 2.24) is 10.2 Å². The Kier molecular flexibility index (Phi) is 18.7. The maximum absolute atomic E-state index is 12.7. The maximum atomic E-state index is 12.7. The molecule has 47 heavy (non-hydrogen) atoms. The van der Waals surface area contributed by atoms with Gasteiger partial charge in [-0.15, -0.1) is 0 Å². The van der Waals surface area contributed by atoms with E-state index in [2.05, 4.69) is 27.9 Å². The summed E-state index contributed by atoms with van der Waals surface area (Å²) in [6.45, 7) is 15.4. The van der Waals surface area contributed by atoms with E-state index in [1.54, 1.807) is 47.6 Å². The smallest absolute Gasteiger partial charge is 0.417 e. The number of nitrogens with one attached hydrogen (secondary N) is 1. The van der Waals surface area contributed by atoms with Crippen molar-refractivity contribution in [1.29, 1.82) is 0 Å². The van der Waals surface area contributed by atoms with E-state index in [1.165, 1.54) is 54.1 Å². The van der Waals surface area contributed by atoms with E-state index in [1.807, 2.05) is 6.92 Å². The fraction of sp³-hybridized carbons (Fsp3) is 0.543. The molecule has 1 N–H and O–H groups in total. The first-order chi connectivity index (χ1) is 21.9. The first-order valence-electron chi connectivity index (χ1n) is 15.7. The number of likely N-dealkylation sites (tertiary alicyclic amines) is 1. The molecule has 0 saturated carbocycles. The summed E-state index contributed by atoms with van der Waals surface area (Å²) in [4.78, 5) is 46.8. The first kappa shape index (κ1) is 41.9. The zero-order valence-corrected chi connectivity index (χ0v) is 30.7. The highest BCUT2D eigenvalue weighted by molar-refractivity contribution is 14.1. The van der Waals surface area contributed by atoms with Crippen LogP contribution in [0.15, 0.2) is 42.5 Å². The SMILES string of the molecule is C1CCOC1.CC(C)(C)OC(=O)N1CCCC1=O.CC(C)(C)OC(=O)NCCCC(=O)c1ccc(F)cc1.Cc1cc(F)ccc1I. The number of hydrogen-bond acceptors (Lipinski definition) is 7. The molecule has 0 atom stereocenters. The molecule has 0 aliphatic carbocycles. The average Bonchev–Trinajstić information content (AvgIpc) is 3.68. The van der Waals surface area contributed by atoms with Crippen LogP contribution in [0.5, 0.6) is 0 Å². The normalized spacial score (nSPS) is 14.0. The number of aryl methyl sites for hydroxylation is 1. The highest BCUT2D eigenvalue weighted by atomic mass is 127. The van der Waals surface area contributed by atoms with Crippen LogP contribution in [0.4, 0.5) is 18.4 Å². The van der Waals surface area contributed by atoms with E-state index in [0.717, 1.165) is 28.8 Å². The van der Waals surface area contributed by atoms with Crippen molar-refractivity contribution in [2.75, 3.05) is 26.3 Å². The summed E-state index contributed by atoms with van der Waals surface area (Å²) in [5, 5.41) is 2.58. The quantitative estimate of drug-likeness (QED) is 0.185. The van der Waals surface area contributed by atoms with Crippen LogP contribution in [0, 0.1) is 22.1 Å². The van der Waals surface area contributed by atoms with Gasteiger partial charge < -0.3 is 19.5 Å². The van der Waals surface area contributed by atoms with E-state index < -0.39 is 23.4 Å². The van der Waals surface area contributed by atoms with Gasteiger partial charge in [-0.1, -0.05) is 0 Å². The number of rotatable bonds is 5. The van der Waals surface area contributed by atoms with Crippen LogP contribution in [-0.4, -0.2) is 66.3 Å². The van der Waals surface area contributed by atoms with Gasteiger partial charge in [0.05, 0.1) is 0 Å². The number of hydrogen-bond donors (Lipinski definition) is 1. The zero-order chi connectivity index (χ0) is 35.6. The van der Waals surface area contributed by atoms with E-state index in [9.17, 15) is 28.0 Å². The van der Waals surface area contributed by atoms with Gasteiger partial charge in [-0.2, -0.15) is 0 Å². The molecule has 2 aliphatic rings. The third-order valence-electron chi connectivity index (χ3n) is 6.05. The molecule has 2 aliphatic heterocycles. The van der Waals surface area contributed by atoms with Gasteiger partial charge in [-0.05, 0) is 145 Å². The first-order valence-corrected chi connectivity index (χ1v) is 16.7. The lowest BCUT2D eigenvalue weighted by atomic mass is 10.1. The van der Waals surface area contributed by atoms with Gasteiger partial charge in [0.2, 0.25) is 5.91 Å². The molecule has 262 valence electrons. The summed E-state index contributed by atoms with van der Waals surface area (Å²) in [7, 11) is 0. The van der Waals surface area contributed by atoms with E-state index in [-0.39, 0.29) is 23.3 Å². The molecular weight excluding hydrogens is 725 g/mol. The van der Waals surface area contributed by atoms with Gasteiger partial charge in [0.25, 0.3) is 0 Å². The van der Waals surface area contributed by atoms with E-state index in [4.69, 9.17) is 14.2 Å². The molecule has 4 rings (SSSR count). The number of Topliss-reactive ketones (excluding diaryl/α,β-unsaturated/α-hetero) is 1. The molecule has 2 fully saturated rings. The van der Waals surface area contributed by atoms with Gasteiger partial charge in [-0.3, -0.25) is 9.59 Å². The number of carbonyl (C=O) groups is 4. The largest absolute Gasteiger partial charge is 0.444 e. The second-order valence-corrected chi connectivity index (χ2v) is 14.0. The zero-order valence-electron chi connectivity index (χ0n) is 28.6. The minimum atomic E-state index is -0.534. The molecule has 2 aromatic rings. The fourth-order valence-electron chi connectivity index (χ4n) is 3.81. The van der Waals surface area contributed by atoms with Gasteiger partial charge in [0.15, 0.2) is 5.78 Å². The summed E-state index contributed by atoms with van der Waals surface area (Å²) >= 11 is 2.17. The van der Waals surface area contributed by atoms with E-state index >= 15 is 0 Å². The molecule has 2 heterocycles. The summed E-state index contributed by atoms with van der Waals surface area (Å²) in [5.74, 6) is -0.730. The summed E-state index contributed by atoms with van der Waals surface area (Å²) < 4.78 is 41.2. The Morgan fingerprint density at radius 3 is 1.91 bits per heavy atom. The second kappa shape index (κ2) is 21.0. The van der Waals surface area contributed by atoms with Crippen LogP contribution >= 0.6 is 22.6 Å². The standard InChI is InChI=1S/C15H20FNO3.C9H15NO3.C7H6FI.C4H8O/c1-15(2,3)20-14(19)17-10-4-5-13(18)11-6-8-12(16)9-7-11;1-9(2,3)13-8(12)10-6-4-5-7(10)11;1-5-4-6(8)2-3-7(5)9;1-2-4-5-3-1/h6-9H,4-5,10H2,1-3H3,(H,17,19);4-6H2,1-3H3;2-4H,1H3;1-4H2. The lowest BCUT2D eigenvalue weighted by molar-refractivity contribution is -0.126. The predicted octanol–water partition coefficient (Wildman–Crippen LogP) is 8.39. The van der Waals surface area contributed by atoms with Crippen molar-refractivity contribution in [2.45, 2.75) is 98.2 Å². The molecular formula is C35H49F2IN2O7. The lowest BCUT2D eigenvalue weighted by Gasteiger charge is -2.23. The molecule has 2 aromatic carbocycles. The van der Waals surface area contributed by atoms with Crippen molar-refractivity contribution in [3.05, 3.63) is 68.8 Å². The Morgan fingerprint density at radius 1 is 0.894 bits per heavy atom. The Morgan fingerprint density at radius 2 is 1.47 bits per heavy atom. The predicted molar refractivity (Wildman–Crippen MR) is 185 cm³/mol. The monoisotopic (exact) mass is 774 g/mol. The van der Waals surface area contributed by atoms with Crippen molar-refractivity contribution in [2.24, 2.45) is 0 Å². The van der Waals surface area contributed by atoms with Crippen molar-refractivity contribution in [3.63, 3.8) is 0 Å². The summed E-state index contributed by atoms with van der Waals surface area (Å²) in [6, 6.07) is 10.2. The maximum Gasteiger partial charge on any atom is 0.417 e. The number of benzene rings is 2. The Hall–Kier alpha value is -3.13. The number of alkyl carbamates (subject to hydrolysis) is 1. The Labute approximate surface area is 291 Å². The summed E-state index contributed by atoms with van der Waals surface area (Å²) in [6.07, 6.45) is 3.55. The van der Waals surface area contributed by atoms with Crippen molar-refractivity contribution in [3.8, 4) is 0 Å². The van der Waals surface area contributed by atoms with Gasteiger partial charge >= 0.3 is 12.2 Å². The summed E-state index contributed by atoms with van der Waals surface area (Å²) in [5.41, 5.74) is 0.410. The highest BCUT2D eigenvalue weighted by Gasteiger charge is 2.30. The molecule has 0 bridgehead atoms. The molecule has 0 aromatic heterocycles. The minimum Gasteiger partial charge on any atom is -0.444 e. The Bertz CT molecular complexity index is 1280. The second-order valence-electron chi connectivity index (χ2n) is 12.8. The molecule has 0 radical (unpaired) electrons. The molecule has 0 spiro atoms. The highest BCUT2D eigenvalue weighted by Crippen LogP contribution is 2.16. The van der Waals surface area contributed by atoms with Gasteiger partial charge in [-0.25, -0.2) is 23.3 Å². The van der Waals surface area contributed by atoms with Crippen molar-refractivity contribution >= 4 is 46.5 Å². The number of ketones is 1. The van der Waals surface area contributed by atoms with Crippen LogP contribution < -0.4 is 5.32 Å². The fourth-order valence-corrected chi connectivity index (χ4v) is 4.15. The third kappa shape index (κ3) is 20.0. The average molecular weight is 775 g/mol. The minimum absolute atomic E-state index is 0.0732. The Balaban J connectivity index is 0.000000348. The number of imide groups is 1. The third-order valence-corrected chi connectivity index (χ3v) is 7.26. The molecule has 9 nitrogen and oxygen atoms in total. The number of halogens is 3. The van der Waals surface area contributed by atoms with Gasteiger partial charge in [0, 0.05) is 48.3 Å². The van der Waals surface area contributed by atoms with E-state index in [0.29, 0.717) is 37.9 Å². The number of ether oxygens (including phenoxy) is 3. The van der Waals surface area contributed by atoms with Crippen LogP contribution in [0.2, 0.25) is 0 Å². The number of amides is 3. The topological polar surface area (TPSA) is 111 Å². The number of carbonyl (C=O) groups excluding carboxylic acids is 4. The van der Waals surface area contributed by atoms with Crippen molar-refractivity contribution < 1.29 is 42.2 Å². The van der Waals surface area contributed by atoms with Crippen LogP contribution in [0.3, 0.4) is 0 Å².